The van der Waals surface area contributed by atoms with Crippen LogP contribution in [0.1, 0.15) is 77.3 Å². The van der Waals surface area contributed by atoms with Gasteiger partial charge >= 0.3 is 0 Å². The van der Waals surface area contributed by atoms with Gasteiger partial charge in [0.25, 0.3) is 0 Å². The first kappa shape index (κ1) is 27.9. The normalized spacial score (nSPS) is 12.4. The van der Waals surface area contributed by atoms with E-state index in [1.807, 2.05) is 23.0 Å². The van der Waals surface area contributed by atoms with E-state index in [9.17, 15) is 0 Å². The second-order valence-electron chi connectivity index (χ2n) is 13.2. The average molecular weight is 583 g/mol. The molecule has 5 aromatic heterocycles. The second-order valence-corrected chi connectivity index (χ2v) is 13.2. The van der Waals surface area contributed by atoms with E-state index >= 15 is 0 Å². The molecule has 7 rings (SSSR count). The first-order chi connectivity index (χ1) is 21.1. The van der Waals surface area contributed by atoms with Gasteiger partial charge in [0, 0.05) is 47.2 Å². The topological polar surface area (TPSA) is 62.2 Å². The molecule has 0 unspecified atom stereocenters. The van der Waals surface area contributed by atoms with Gasteiger partial charge < -0.3 is 9.30 Å². The van der Waals surface area contributed by atoms with Crippen molar-refractivity contribution in [2.24, 2.45) is 0 Å². The SMILES string of the molecule is CC(C)c1nc2c(-n3ccnc3)cc(Oc3ccc4c5ccccc5n(-c5cc(C(C)(C)C)ccn5)c4c3)cn2c1C(C)C. The Balaban J connectivity index is 1.41. The molecule has 7 nitrogen and oxygen atoms in total. The summed E-state index contributed by atoms with van der Waals surface area (Å²) >= 11 is 0. The van der Waals surface area contributed by atoms with Crippen LogP contribution in [0.25, 0.3) is 39.0 Å². The molecule has 0 aliphatic rings. The van der Waals surface area contributed by atoms with Gasteiger partial charge in [0.05, 0.1) is 34.9 Å². The van der Waals surface area contributed by atoms with Gasteiger partial charge in [-0.15, -0.1) is 0 Å². The second kappa shape index (κ2) is 10.4. The van der Waals surface area contributed by atoms with Crippen LogP contribution in [0.2, 0.25) is 0 Å². The number of rotatable bonds is 6. The molecule has 0 radical (unpaired) electrons. The van der Waals surface area contributed by atoms with Crippen LogP contribution in [0.5, 0.6) is 11.5 Å². The molecule has 2 aromatic carbocycles. The third-order valence-corrected chi connectivity index (χ3v) is 8.34. The minimum Gasteiger partial charge on any atom is -0.456 e. The highest BCUT2D eigenvalue weighted by molar-refractivity contribution is 6.09. The van der Waals surface area contributed by atoms with Gasteiger partial charge in [0.15, 0.2) is 5.65 Å². The summed E-state index contributed by atoms with van der Waals surface area (Å²) in [7, 11) is 0. The van der Waals surface area contributed by atoms with Crippen molar-refractivity contribution < 1.29 is 4.74 Å². The summed E-state index contributed by atoms with van der Waals surface area (Å²) in [6.07, 6.45) is 9.52. The standard InChI is InChI=1S/C37H38N6O/c1-23(2)34-35(24(3)4)42-21-27(20-32(36(42)40-34)41-17-16-38-22-41)44-26-12-13-29-28-10-8-9-11-30(28)43(31(29)19-26)33-18-25(14-15-39-33)37(5,6)7/h8-24H,1-7H3. The Morgan fingerprint density at radius 3 is 2.32 bits per heavy atom. The molecule has 0 amide bonds. The summed E-state index contributed by atoms with van der Waals surface area (Å²) in [4.78, 5) is 14.3. The van der Waals surface area contributed by atoms with Gasteiger partial charge in [-0.3, -0.25) is 8.97 Å². The summed E-state index contributed by atoms with van der Waals surface area (Å²) in [6.45, 7) is 15.5. The lowest BCUT2D eigenvalue weighted by Crippen LogP contribution is -2.12. The number of benzene rings is 2. The number of hydrogen-bond acceptors (Lipinski definition) is 4. The molecule has 0 atom stereocenters. The van der Waals surface area contributed by atoms with E-state index in [0.717, 1.165) is 50.8 Å². The molecule has 0 saturated carbocycles. The molecule has 222 valence electrons. The van der Waals surface area contributed by atoms with Crippen molar-refractivity contribution in [2.75, 3.05) is 0 Å². The number of fused-ring (bicyclic) bond motifs is 4. The maximum absolute atomic E-state index is 6.69. The van der Waals surface area contributed by atoms with Crippen LogP contribution in [0.4, 0.5) is 0 Å². The minimum absolute atomic E-state index is 0.00785. The summed E-state index contributed by atoms with van der Waals surface area (Å²) in [5.41, 5.74) is 7.53. The lowest BCUT2D eigenvalue weighted by atomic mass is 9.88. The number of nitrogens with zero attached hydrogens (tertiary/aromatic N) is 6. The smallest absolute Gasteiger partial charge is 0.161 e. The van der Waals surface area contributed by atoms with E-state index in [2.05, 4.69) is 123 Å². The highest BCUT2D eigenvalue weighted by Crippen LogP contribution is 2.37. The van der Waals surface area contributed by atoms with Crippen LogP contribution in [-0.4, -0.2) is 28.5 Å². The fourth-order valence-electron chi connectivity index (χ4n) is 6.19. The van der Waals surface area contributed by atoms with E-state index in [1.165, 1.54) is 16.6 Å². The summed E-state index contributed by atoms with van der Waals surface area (Å²) in [6, 6.07) is 21.2. The molecular weight excluding hydrogens is 544 g/mol. The Labute approximate surface area is 257 Å². The van der Waals surface area contributed by atoms with Gasteiger partial charge in [-0.1, -0.05) is 66.7 Å². The molecule has 0 fully saturated rings. The maximum atomic E-state index is 6.69. The van der Waals surface area contributed by atoms with Crippen LogP contribution in [0, 0.1) is 0 Å². The van der Waals surface area contributed by atoms with Crippen LogP contribution in [0.15, 0.2) is 91.8 Å². The molecule has 0 spiro atoms. The third-order valence-electron chi connectivity index (χ3n) is 8.34. The van der Waals surface area contributed by atoms with Crippen molar-refractivity contribution in [3.63, 3.8) is 0 Å². The van der Waals surface area contributed by atoms with Gasteiger partial charge in [-0.05, 0) is 53.1 Å². The van der Waals surface area contributed by atoms with Gasteiger partial charge in [-0.25, -0.2) is 15.0 Å². The van der Waals surface area contributed by atoms with Crippen LogP contribution in [-0.2, 0) is 5.41 Å². The third kappa shape index (κ3) is 4.64. The zero-order chi connectivity index (χ0) is 30.7. The van der Waals surface area contributed by atoms with Gasteiger partial charge in [0.1, 0.15) is 17.3 Å². The van der Waals surface area contributed by atoms with Crippen molar-refractivity contribution in [2.45, 2.75) is 65.7 Å². The predicted octanol–water partition coefficient (Wildman–Crippen LogP) is 9.35. The maximum Gasteiger partial charge on any atom is 0.161 e. The van der Waals surface area contributed by atoms with Crippen molar-refractivity contribution in [1.29, 1.82) is 0 Å². The number of para-hydroxylation sites is 1. The first-order valence-corrected chi connectivity index (χ1v) is 15.3. The zero-order valence-electron chi connectivity index (χ0n) is 26.4. The summed E-state index contributed by atoms with van der Waals surface area (Å²) < 4.78 is 13.1. The molecule has 7 heteroatoms. The van der Waals surface area contributed by atoms with E-state index in [4.69, 9.17) is 14.7 Å². The van der Waals surface area contributed by atoms with Crippen molar-refractivity contribution in [3.8, 4) is 23.0 Å². The lowest BCUT2D eigenvalue weighted by molar-refractivity contribution is 0.479. The lowest BCUT2D eigenvalue weighted by Gasteiger charge is -2.20. The molecule has 5 heterocycles. The fraction of sp³-hybridized carbons (Fsp3) is 0.270. The van der Waals surface area contributed by atoms with Crippen LogP contribution in [0.3, 0.4) is 0 Å². The van der Waals surface area contributed by atoms with Crippen molar-refractivity contribution in [1.82, 2.24) is 28.5 Å². The first-order valence-electron chi connectivity index (χ1n) is 15.3. The Hall–Kier alpha value is -4.91. The van der Waals surface area contributed by atoms with Gasteiger partial charge in [0.2, 0.25) is 0 Å². The molecule has 0 bridgehead atoms. The predicted molar refractivity (Wildman–Crippen MR) is 178 cm³/mol. The molecule has 0 aliphatic carbocycles. The van der Waals surface area contributed by atoms with E-state index in [-0.39, 0.29) is 11.3 Å². The average Bonchev–Trinajstić information content (AvgIpc) is 3.73. The Kier molecular flexibility index (Phi) is 6.57. The number of pyridine rings is 2. The van der Waals surface area contributed by atoms with E-state index < -0.39 is 0 Å². The highest BCUT2D eigenvalue weighted by Gasteiger charge is 2.22. The fourth-order valence-corrected chi connectivity index (χ4v) is 6.19. The summed E-state index contributed by atoms with van der Waals surface area (Å²) in [5, 5.41) is 2.34. The summed E-state index contributed by atoms with van der Waals surface area (Å²) in [5.74, 6) is 2.95. The van der Waals surface area contributed by atoms with Crippen molar-refractivity contribution >= 4 is 27.5 Å². The van der Waals surface area contributed by atoms with E-state index in [0.29, 0.717) is 5.92 Å². The molecule has 44 heavy (non-hydrogen) atoms. The number of aromatic nitrogens is 6. The molecule has 7 aromatic rings. The minimum atomic E-state index is 0.00785. The Morgan fingerprint density at radius 2 is 1.59 bits per heavy atom. The Bertz CT molecular complexity index is 2140. The number of ether oxygens (including phenoxy) is 1. The largest absolute Gasteiger partial charge is 0.456 e. The quantitative estimate of drug-likeness (QED) is 0.196. The Morgan fingerprint density at radius 1 is 0.795 bits per heavy atom. The van der Waals surface area contributed by atoms with Gasteiger partial charge in [-0.2, -0.15) is 0 Å². The van der Waals surface area contributed by atoms with Crippen LogP contribution >= 0.6 is 0 Å². The van der Waals surface area contributed by atoms with Crippen LogP contribution < -0.4 is 4.74 Å². The molecular formula is C37H38N6O. The molecule has 0 saturated heterocycles. The number of imidazole rings is 2. The van der Waals surface area contributed by atoms with E-state index in [1.54, 1.807) is 12.5 Å². The highest BCUT2D eigenvalue weighted by atomic mass is 16.5. The molecule has 0 aliphatic heterocycles. The zero-order valence-corrected chi connectivity index (χ0v) is 26.4. The monoisotopic (exact) mass is 582 g/mol. The van der Waals surface area contributed by atoms with Crippen molar-refractivity contribution in [3.05, 3.63) is 109 Å². The molecule has 0 N–H and O–H groups in total. The number of hydrogen-bond donors (Lipinski definition) is 0.